The Morgan fingerprint density at radius 1 is 1.00 bits per heavy atom. The first-order valence-corrected chi connectivity index (χ1v) is 9.02. The highest BCUT2D eigenvalue weighted by Crippen LogP contribution is 2.41. The lowest BCUT2D eigenvalue weighted by molar-refractivity contribution is 0.394. The van der Waals surface area contributed by atoms with Crippen LogP contribution < -0.4 is 15.0 Å². The summed E-state index contributed by atoms with van der Waals surface area (Å²) >= 11 is 1.49. The number of nitrogens with zero attached hydrogens (tertiary/aromatic N) is 1. The van der Waals surface area contributed by atoms with Crippen LogP contribution in [0.4, 0.5) is 0 Å². The number of nitrogens with one attached hydrogen (secondary N) is 1. The van der Waals surface area contributed by atoms with Crippen molar-refractivity contribution >= 4 is 11.8 Å². The lowest BCUT2D eigenvalue weighted by Gasteiger charge is -2.14. The lowest BCUT2D eigenvalue weighted by atomic mass is 10.0. The predicted molar refractivity (Wildman–Crippen MR) is 106 cm³/mol. The van der Waals surface area contributed by atoms with Gasteiger partial charge < -0.3 is 14.5 Å². The van der Waals surface area contributed by atoms with E-state index in [9.17, 15) is 10.1 Å². The zero-order chi connectivity index (χ0) is 19.4. The second-order valence-electron chi connectivity index (χ2n) is 5.80. The van der Waals surface area contributed by atoms with Gasteiger partial charge in [-0.15, -0.1) is 0 Å². The van der Waals surface area contributed by atoms with Crippen molar-refractivity contribution in [2.24, 2.45) is 0 Å². The molecule has 1 heterocycles. The van der Waals surface area contributed by atoms with Crippen LogP contribution in [-0.2, 0) is 0 Å². The van der Waals surface area contributed by atoms with Crippen molar-refractivity contribution in [3.05, 3.63) is 70.1 Å². The Balaban J connectivity index is 2.15. The maximum Gasteiger partial charge on any atom is 0.266 e. The summed E-state index contributed by atoms with van der Waals surface area (Å²) in [5, 5.41) is 9.47. The molecule has 3 rings (SSSR count). The Kier molecular flexibility index (Phi) is 5.53. The van der Waals surface area contributed by atoms with Gasteiger partial charge in [0.25, 0.3) is 5.56 Å². The van der Waals surface area contributed by atoms with Crippen molar-refractivity contribution in [2.75, 3.05) is 14.2 Å². The summed E-state index contributed by atoms with van der Waals surface area (Å²) < 4.78 is 10.8. The number of rotatable bonds is 5. The summed E-state index contributed by atoms with van der Waals surface area (Å²) in [6, 6.07) is 17.1. The Hall–Kier alpha value is -3.17. The van der Waals surface area contributed by atoms with Gasteiger partial charge in [-0.25, -0.2) is 0 Å². The molecule has 0 fully saturated rings. The van der Waals surface area contributed by atoms with E-state index in [1.165, 1.54) is 11.8 Å². The van der Waals surface area contributed by atoms with E-state index in [4.69, 9.17) is 9.47 Å². The van der Waals surface area contributed by atoms with E-state index in [-0.39, 0.29) is 11.1 Å². The molecule has 0 saturated heterocycles. The molecule has 2 aromatic carbocycles. The lowest BCUT2D eigenvalue weighted by Crippen LogP contribution is -2.12. The van der Waals surface area contributed by atoms with Gasteiger partial charge in [-0.05, 0) is 42.8 Å². The van der Waals surface area contributed by atoms with E-state index in [0.29, 0.717) is 11.3 Å². The van der Waals surface area contributed by atoms with Crippen LogP contribution in [0.1, 0.15) is 11.3 Å². The molecule has 0 radical (unpaired) electrons. The molecule has 3 aromatic rings. The number of methoxy groups -OCH3 is 2. The average Bonchev–Trinajstić information content (AvgIpc) is 2.67. The monoisotopic (exact) mass is 378 g/mol. The van der Waals surface area contributed by atoms with Crippen LogP contribution in [0.2, 0.25) is 0 Å². The van der Waals surface area contributed by atoms with Crippen molar-refractivity contribution in [3.8, 4) is 28.7 Å². The summed E-state index contributed by atoms with van der Waals surface area (Å²) in [5.74, 6) is 1.44. The van der Waals surface area contributed by atoms with Gasteiger partial charge in [0.15, 0.2) is 0 Å². The Bertz CT molecular complexity index is 1080. The maximum absolute atomic E-state index is 12.2. The molecule has 0 bridgehead atoms. The largest absolute Gasteiger partial charge is 0.497 e. The number of nitriles is 1. The molecular weight excluding hydrogens is 360 g/mol. The molecule has 0 aliphatic heterocycles. The standard InChI is InChI=1S/C21H18N2O3S/c1-13-10-16(17(12-22)21(24)23-13)15-6-4-5-7-19(15)27-20-11-14(25-2)8-9-18(20)26-3/h4-11H,1-3H3,(H,23,24). The Morgan fingerprint density at radius 2 is 1.78 bits per heavy atom. The number of H-pyrrole nitrogens is 1. The van der Waals surface area contributed by atoms with Crippen LogP contribution in [0.5, 0.6) is 11.5 Å². The highest BCUT2D eigenvalue weighted by Gasteiger charge is 2.16. The van der Waals surface area contributed by atoms with Gasteiger partial charge >= 0.3 is 0 Å². The van der Waals surface area contributed by atoms with Crippen molar-refractivity contribution in [1.82, 2.24) is 4.98 Å². The smallest absolute Gasteiger partial charge is 0.266 e. The first kappa shape index (κ1) is 18.6. The molecule has 0 amide bonds. The van der Waals surface area contributed by atoms with Gasteiger partial charge in [0, 0.05) is 16.2 Å². The molecule has 0 aliphatic carbocycles. The van der Waals surface area contributed by atoms with Crippen molar-refractivity contribution in [2.45, 2.75) is 16.7 Å². The van der Waals surface area contributed by atoms with Crippen molar-refractivity contribution in [3.63, 3.8) is 0 Å². The van der Waals surface area contributed by atoms with Crippen LogP contribution in [0.15, 0.2) is 63.1 Å². The van der Waals surface area contributed by atoms with Crippen LogP contribution in [0.3, 0.4) is 0 Å². The molecule has 27 heavy (non-hydrogen) atoms. The number of hydrogen-bond acceptors (Lipinski definition) is 5. The average molecular weight is 378 g/mol. The second-order valence-corrected chi connectivity index (χ2v) is 6.88. The van der Waals surface area contributed by atoms with E-state index < -0.39 is 0 Å². The van der Waals surface area contributed by atoms with E-state index in [1.807, 2.05) is 54.6 Å². The van der Waals surface area contributed by atoms with E-state index in [0.717, 1.165) is 26.9 Å². The molecule has 1 aromatic heterocycles. The highest BCUT2D eigenvalue weighted by molar-refractivity contribution is 7.99. The van der Waals surface area contributed by atoms with E-state index >= 15 is 0 Å². The van der Waals surface area contributed by atoms with Crippen LogP contribution in [0, 0.1) is 18.3 Å². The van der Waals surface area contributed by atoms with E-state index in [1.54, 1.807) is 21.1 Å². The molecular formula is C21H18N2O3S. The summed E-state index contributed by atoms with van der Waals surface area (Å²) in [5.41, 5.74) is 1.85. The SMILES string of the molecule is COc1ccc(OC)c(Sc2ccccc2-c2cc(C)[nH]c(=O)c2C#N)c1. The molecule has 0 unspecified atom stereocenters. The molecule has 1 N–H and O–H groups in total. The van der Waals surface area contributed by atoms with Gasteiger partial charge in [-0.3, -0.25) is 4.79 Å². The number of hydrogen-bond donors (Lipinski definition) is 1. The third-order valence-electron chi connectivity index (χ3n) is 4.05. The zero-order valence-electron chi connectivity index (χ0n) is 15.2. The molecule has 0 saturated carbocycles. The minimum Gasteiger partial charge on any atom is -0.497 e. The minimum atomic E-state index is -0.383. The fourth-order valence-corrected chi connectivity index (χ4v) is 3.87. The number of benzene rings is 2. The summed E-state index contributed by atoms with van der Waals surface area (Å²) in [6.07, 6.45) is 0. The molecule has 136 valence electrons. The second kappa shape index (κ2) is 8.02. The van der Waals surface area contributed by atoms with E-state index in [2.05, 4.69) is 4.98 Å². The number of aromatic amines is 1. The summed E-state index contributed by atoms with van der Waals surface area (Å²) in [4.78, 5) is 16.7. The highest BCUT2D eigenvalue weighted by atomic mass is 32.2. The topological polar surface area (TPSA) is 75.1 Å². The molecule has 5 nitrogen and oxygen atoms in total. The van der Waals surface area contributed by atoms with Gasteiger partial charge in [0.05, 0.1) is 19.1 Å². The van der Waals surface area contributed by atoms with Crippen LogP contribution in [0.25, 0.3) is 11.1 Å². The van der Waals surface area contributed by atoms with Gasteiger partial charge in [-0.1, -0.05) is 30.0 Å². The molecule has 0 aliphatic rings. The first-order chi connectivity index (χ1) is 13.1. The normalized spacial score (nSPS) is 10.3. The van der Waals surface area contributed by atoms with Gasteiger partial charge in [0.2, 0.25) is 0 Å². The predicted octanol–water partition coefficient (Wildman–Crippen LogP) is 4.39. The number of ether oxygens (including phenoxy) is 2. The Labute approximate surface area is 161 Å². The van der Waals surface area contributed by atoms with Gasteiger partial charge in [-0.2, -0.15) is 5.26 Å². The third-order valence-corrected chi connectivity index (χ3v) is 5.16. The van der Waals surface area contributed by atoms with Crippen molar-refractivity contribution in [1.29, 1.82) is 5.26 Å². The quantitative estimate of drug-likeness (QED) is 0.713. The van der Waals surface area contributed by atoms with Crippen LogP contribution >= 0.6 is 11.8 Å². The summed E-state index contributed by atoms with van der Waals surface area (Å²) in [6.45, 7) is 1.80. The summed E-state index contributed by atoms with van der Waals surface area (Å²) in [7, 11) is 3.23. The third kappa shape index (κ3) is 3.83. The minimum absolute atomic E-state index is 0.103. The van der Waals surface area contributed by atoms with Crippen molar-refractivity contribution < 1.29 is 9.47 Å². The van der Waals surface area contributed by atoms with Gasteiger partial charge in [0.1, 0.15) is 23.1 Å². The number of aryl methyl sites for hydroxylation is 1. The molecule has 6 heteroatoms. The first-order valence-electron chi connectivity index (χ1n) is 8.20. The number of aromatic nitrogens is 1. The molecule has 0 atom stereocenters. The Morgan fingerprint density at radius 3 is 2.48 bits per heavy atom. The maximum atomic E-state index is 12.2. The zero-order valence-corrected chi connectivity index (χ0v) is 16.0. The van der Waals surface area contributed by atoms with Crippen LogP contribution in [-0.4, -0.2) is 19.2 Å². The molecule has 0 spiro atoms. The fourth-order valence-electron chi connectivity index (χ4n) is 2.77. The fraction of sp³-hybridized carbons (Fsp3) is 0.143. The number of pyridine rings is 1.